The number of phenolic OH excluding ortho intramolecular Hbond substituents is 2. The Hall–Kier alpha value is -5.15. The third-order valence-electron chi connectivity index (χ3n) is 13.8. The number of phenols is 2. The first kappa shape index (κ1) is 69.9. The van der Waals surface area contributed by atoms with Crippen molar-refractivity contribution in [2.45, 2.75) is 249 Å². The number of unbranched alkanes of at least 4 members (excludes halogenated alkanes) is 10. The number of benzene rings is 4. The summed E-state index contributed by atoms with van der Waals surface area (Å²) in [7, 11) is 0. The molecule has 0 heterocycles. The number of aryl methyl sites for hydroxylation is 6. The molecule has 0 saturated heterocycles. The molecule has 0 bridgehead atoms. The number of carbonyl (C=O) groups is 2. The van der Waals surface area contributed by atoms with E-state index >= 15 is 0 Å². The number of nitrogens with zero attached hydrogens (tertiary/aromatic N) is 2. The van der Waals surface area contributed by atoms with Crippen LogP contribution in [-0.2, 0) is 67.9 Å². The van der Waals surface area contributed by atoms with E-state index < -0.39 is 34.9 Å². The Kier molecular flexibility index (Phi) is 36.4. The minimum Gasteiger partial charge on any atom is -0.869 e. The summed E-state index contributed by atoms with van der Waals surface area (Å²) in [6.07, 6.45) is 29.8. The van der Waals surface area contributed by atoms with Gasteiger partial charge in [0.05, 0.1) is 33.9 Å². The quantitative estimate of drug-likeness (QED) is 0.0206. The van der Waals surface area contributed by atoms with Crippen LogP contribution in [0.15, 0.2) is 58.5 Å². The zero-order valence-electron chi connectivity index (χ0n) is 49.1. The third kappa shape index (κ3) is 24.6. The Labute approximate surface area is 475 Å². The zero-order chi connectivity index (χ0) is 56.4. The van der Waals surface area contributed by atoms with Crippen molar-refractivity contribution in [2.24, 2.45) is 9.98 Å². The molecule has 0 unspecified atom stereocenters. The van der Waals surface area contributed by atoms with E-state index in [1.807, 2.05) is 13.8 Å². The maximum absolute atomic E-state index is 11.6. The molecule has 0 aromatic heterocycles. The van der Waals surface area contributed by atoms with Gasteiger partial charge in [-0.25, -0.2) is 9.59 Å². The smallest absolute Gasteiger partial charge is 0.869 e. The molecule has 77 heavy (non-hydrogen) atoms. The molecular weight excluding hydrogens is 1010 g/mol. The number of hydrogen-bond donors (Lipinski definition) is 4. The Bertz CT molecular complexity index is 2290. The SMILES string of the molecule is CCCCCCCCC(=Nc1cc(CCC)cc(CCC)c1)C(CCCC)=Nc1cc(CCC)cc(CCC)c1.CCCCCc1cc(O)c([O-])c(C(=O)O)c1CC.CCCCCc1cc(O)c([O-])c(C(=O)O)c1CC.[Ni+2]. The van der Waals surface area contributed by atoms with Crippen molar-refractivity contribution in [2.75, 3.05) is 0 Å². The summed E-state index contributed by atoms with van der Waals surface area (Å²) < 4.78 is 0. The molecule has 0 fully saturated rings. The fourth-order valence-corrected chi connectivity index (χ4v) is 9.93. The van der Waals surface area contributed by atoms with Gasteiger partial charge in [0.1, 0.15) is 11.5 Å². The van der Waals surface area contributed by atoms with Crippen LogP contribution in [0.3, 0.4) is 0 Å². The summed E-state index contributed by atoms with van der Waals surface area (Å²) in [5.41, 5.74) is 12.5. The summed E-state index contributed by atoms with van der Waals surface area (Å²) >= 11 is 0. The summed E-state index contributed by atoms with van der Waals surface area (Å²) in [6, 6.07) is 17.0. The maximum Gasteiger partial charge on any atom is 2.00 e. The normalized spacial score (nSPS) is 11.4. The van der Waals surface area contributed by atoms with Crippen LogP contribution in [0.25, 0.3) is 0 Å². The number of rotatable bonds is 33. The van der Waals surface area contributed by atoms with Crippen molar-refractivity contribution < 1.29 is 56.7 Å². The molecule has 0 atom stereocenters. The molecule has 0 spiro atoms. The molecule has 4 aromatic rings. The number of aliphatic imine (C=N–C) groups is 2. The van der Waals surface area contributed by atoms with Crippen molar-refractivity contribution >= 4 is 34.7 Å². The van der Waals surface area contributed by atoms with Gasteiger partial charge in [-0.1, -0.05) is 183 Å². The first-order chi connectivity index (χ1) is 36.6. The summed E-state index contributed by atoms with van der Waals surface area (Å²) in [5.74, 6) is -5.00. The molecule has 0 saturated carbocycles. The van der Waals surface area contributed by atoms with Gasteiger partial charge in [-0.15, -0.1) is 0 Å². The first-order valence-corrected chi connectivity index (χ1v) is 29.6. The van der Waals surface area contributed by atoms with Crippen molar-refractivity contribution in [1.29, 1.82) is 0 Å². The number of carboxylic acid groups (broad SMARTS) is 2. The molecule has 0 aliphatic rings. The van der Waals surface area contributed by atoms with E-state index in [1.54, 1.807) is 0 Å². The van der Waals surface area contributed by atoms with Gasteiger partial charge in [-0.05, 0) is 171 Å². The van der Waals surface area contributed by atoms with E-state index in [-0.39, 0.29) is 27.6 Å². The molecular formula is C66H98N2NiO8. The Balaban J connectivity index is 0.000000662. The van der Waals surface area contributed by atoms with Crippen molar-refractivity contribution in [3.05, 3.63) is 104 Å². The topological polar surface area (TPSA) is 186 Å². The molecule has 4 aromatic carbocycles. The van der Waals surface area contributed by atoms with E-state index in [9.17, 15) is 30.0 Å². The van der Waals surface area contributed by atoms with Crippen molar-refractivity contribution in [3.8, 4) is 23.0 Å². The average molecular weight is 1110 g/mol. The first-order valence-electron chi connectivity index (χ1n) is 29.6. The fourth-order valence-electron chi connectivity index (χ4n) is 9.93. The van der Waals surface area contributed by atoms with Crippen molar-refractivity contribution in [3.63, 3.8) is 0 Å². The number of carboxylic acids is 2. The standard InChI is InChI=1S/C38H60N2.2C14H20O4.Ni/c1-7-13-15-16-17-18-24-38(40-36-29-33(21-11-5)26-34(30-36)22-12-6)37(23-14-8-2)39-35-27-31(19-9-3)25-32(28-35)20-10-4;2*1-3-5-6-7-9-8-11(15)13(16)12(14(17)18)10(9)4-2;/h25-30H,7-24H2,1-6H3;2*8,15-16H,3-7H2,1-2H3,(H,17,18);/q;;;+2/p-2. The van der Waals surface area contributed by atoms with Gasteiger partial charge < -0.3 is 30.6 Å². The maximum atomic E-state index is 11.6. The van der Waals surface area contributed by atoms with Crippen LogP contribution in [-0.4, -0.2) is 43.8 Å². The third-order valence-corrected chi connectivity index (χ3v) is 13.8. The van der Waals surface area contributed by atoms with Crippen LogP contribution in [0, 0.1) is 0 Å². The Morgan fingerprint density at radius 1 is 0.403 bits per heavy atom. The number of hydrogen-bond acceptors (Lipinski definition) is 8. The second-order valence-electron chi connectivity index (χ2n) is 20.5. The van der Waals surface area contributed by atoms with Gasteiger partial charge in [0.15, 0.2) is 0 Å². The molecule has 4 N–H and O–H groups in total. The van der Waals surface area contributed by atoms with Crippen LogP contribution in [0.4, 0.5) is 11.4 Å². The van der Waals surface area contributed by atoms with E-state index in [1.165, 1.54) is 116 Å². The van der Waals surface area contributed by atoms with Crippen LogP contribution < -0.4 is 10.2 Å². The van der Waals surface area contributed by atoms with E-state index in [0.717, 1.165) is 106 Å². The molecule has 10 nitrogen and oxygen atoms in total. The van der Waals surface area contributed by atoms with E-state index in [2.05, 4.69) is 91.8 Å². The molecule has 4 rings (SSSR count). The van der Waals surface area contributed by atoms with Crippen LogP contribution in [0.1, 0.15) is 263 Å². The summed E-state index contributed by atoms with van der Waals surface area (Å²) in [6.45, 7) is 21.5. The van der Waals surface area contributed by atoms with Crippen LogP contribution in [0.5, 0.6) is 23.0 Å². The molecule has 11 heteroatoms. The molecule has 0 radical (unpaired) electrons. The largest absolute Gasteiger partial charge is 2.00 e. The summed E-state index contributed by atoms with van der Waals surface area (Å²) in [5, 5.41) is 60.5. The summed E-state index contributed by atoms with van der Waals surface area (Å²) in [4.78, 5) is 33.1. The van der Waals surface area contributed by atoms with Gasteiger partial charge in [0.25, 0.3) is 0 Å². The monoisotopic (exact) mass is 1100 g/mol. The Morgan fingerprint density at radius 3 is 1.03 bits per heavy atom. The number of aromatic carboxylic acids is 2. The average Bonchev–Trinajstić information content (AvgIpc) is 3.38. The second-order valence-corrected chi connectivity index (χ2v) is 20.5. The molecule has 0 aliphatic carbocycles. The second kappa shape index (κ2) is 40.1. The van der Waals surface area contributed by atoms with Crippen molar-refractivity contribution in [1.82, 2.24) is 0 Å². The van der Waals surface area contributed by atoms with Gasteiger partial charge in [-0.3, -0.25) is 9.98 Å². The Morgan fingerprint density at radius 2 is 0.714 bits per heavy atom. The fraction of sp³-hybridized carbons (Fsp3) is 0.576. The van der Waals surface area contributed by atoms with Crippen LogP contribution in [0.2, 0.25) is 0 Å². The molecule has 430 valence electrons. The molecule has 0 amide bonds. The minimum atomic E-state index is -1.26. The van der Waals surface area contributed by atoms with Crippen LogP contribution >= 0.6 is 0 Å². The van der Waals surface area contributed by atoms with Gasteiger partial charge in [0, 0.05) is 0 Å². The van der Waals surface area contributed by atoms with E-state index in [4.69, 9.17) is 20.2 Å². The zero-order valence-corrected chi connectivity index (χ0v) is 50.0. The minimum absolute atomic E-state index is 0. The number of aromatic hydroxyl groups is 2. The van der Waals surface area contributed by atoms with Gasteiger partial charge >= 0.3 is 28.4 Å². The molecule has 0 aliphatic heterocycles. The predicted octanol–water partition coefficient (Wildman–Crippen LogP) is 17.2. The predicted molar refractivity (Wildman–Crippen MR) is 315 cm³/mol. The van der Waals surface area contributed by atoms with Gasteiger partial charge in [-0.2, -0.15) is 0 Å². The van der Waals surface area contributed by atoms with Gasteiger partial charge in [0.2, 0.25) is 0 Å². The van der Waals surface area contributed by atoms with E-state index in [0.29, 0.717) is 36.8 Å².